The SMILES string of the molecule is CCN1CCCCC1c1ccc(N2CCN(C)CC2)nc1. The first-order valence-electron chi connectivity index (χ1n) is 8.41. The van der Waals surface area contributed by atoms with Crippen LogP contribution in [0.3, 0.4) is 0 Å². The van der Waals surface area contributed by atoms with E-state index in [1.807, 2.05) is 0 Å². The minimum absolute atomic E-state index is 0.581. The van der Waals surface area contributed by atoms with Crippen LogP contribution in [0.5, 0.6) is 0 Å². The summed E-state index contributed by atoms with van der Waals surface area (Å²) in [4.78, 5) is 12.1. The Hall–Kier alpha value is -1.13. The van der Waals surface area contributed by atoms with E-state index in [0.29, 0.717) is 6.04 Å². The summed E-state index contributed by atoms with van der Waals surface area (Å²) in [6.45, 7) is 9.10. The van der Waals surface area contributed by atoms with Crippen LogP contribution in [0.25, 0.3) is 0 Å². The van der Waals surface area contributed by atoms with Crippen LogP contribution >= 0.6 is 0 Å². The average molecular weight is 288 g/mol. The highest BCUT2D eigenvalue weighted by Gasteiger charge is 2.23. The minimum Gasteiger partial charge on any atom is -0.354 e. The number of aromatic nitrogens is 1. The average Bonchev–Trinajstić information content (AvgIpc) is 2.56. The predicted octanol–water partition coefficient (Wildman–Crippen LogP) is 2.38. The summed E-state index contributed by atoms with van der Waals surface area (Å²) in [5.74, 6) is 1.14. The van der Waals surface area contributed by atoms with Crippen LogP contribution < -0.4 is 4.90 Å². The van der Waals surface area contributed by atoms with Gasteiger partial charge in [0.25, 0.3) is 0 Å². The molecule has 2 saturated heterocycles. The number of hydrogen-bond donors (Lipinski definition) is 0. The highest BCUT2D eigenvalue weighted by atomic mass is 15.3. The lowest BCUT2D eigenvalue weighted by molar-refractivity contribution is 0.157. The monoisotopic (exact) mass is 288 g/mol. The van der Waals surface area contributed by atoms with Crippen LogP contribution in [0.15, 0.2) is 18.3 Å². The molecule has 0 saturated carbocycles. The molecule has 116 valence electrons. The molecular weight excluding hydrogens is 260 g/mol. The first-order chi connectivity index (χ1) is 10.3. The first-order valence-corrected chi connectivity index (χ1v) is 8.41. The van der Waals surface area contributed by atoms with Gasteiger partial charge in [0.05, 0.1) is 0 Å². The third kappa shape index (κ3) is 3.38. The molecule has 2 aliphatic heterocycles. The Bertz CT molecular complexity index is 437. The van der Waals surface area contributed by atoms with Gasteiger partial charge in [0.2, 0.25) is 0 Å². The van der Waals surface area contributed by atoms with Gasteiger partial charge in [-0.25, -0.2) is 4.98 Å². The number of nitrogens with zero attached hydrogens (tertiary/aromatic N) is 4. The lowest BCUT2D eigenvalue weighted by atomic mass is 9.96. The topological polar surface area (TPSA) is 22.6 Å². The highest BCUT2D eigenvalue weighted by molar-refractivity contribution is 5.40. The lowest BCUT2D eigenvalue weighted by Gasteiger charge is -2.36. The fourth-order valence-corrected chi connectivity index (χ4v) is 3.56. The molecule has 3 rings (SSSR count). The molecule has 0 spiro atoms. The van der Waals surface area contributed by atoms with Crippen LogP contribution in [0, 0.1) is 0 Å². The van der Waals surface area contributed by atoms with Gasteiger partial charge in [-0.15, -0.1) is 0 Å². The molecule has 0 aliphatic carbocycles. The summed E-state index contributed by atoms with van der Waals surface area (Å²) in [6, 6.07) is 5.11. The Labute approximate surface area is 128 Å². The van der Waals surface area contributed by atoms with Crippen molar-refractivity contribution in [3.05, 3.63) is 23.9 Å². The summed E-state index contributed by atoms with van der Waals surface area (Å²) in [5.41, 5.74) is 1.40. The van der Waals surface area contributed by atoms with Gasteiger partial charge in [0, 0.05) is 38.4 Å². The maximum absolute atomic E-state index is 4.75. The summed E-state index contributed by atoms with van der Waals surface area (Å²) in [6.07, 6.45) is 6.09. The Morgan fingerprint density at radius 2 is 1.90 bits per heavy atom. The van der Waals surface area contributed by atoms with Crippen LogP contribution in [0.4, 0.5) is 5.82 Å². The molecule has 0 N–H and O–H groups in total. The van der Waals surface area contributed by atoms with Crippen molar-refractivity contribution < 1.29 is 0 Å². The highest BCUT2D eigenvalue weighted by Crippen LogP contribution is 2.30. The van der Waals surface area contributed by atoms with Gasteiger partial charge in [0.1, 0.15) is 5.82 Å². The Kier molecular flexibility index (Phi) is 4.76. The van der Waals surface area contributed by atoms with E-state index in [1.54, 1.807) is 0 Å². The predicted molar refractivity (Wildman–Crippen MR) is 87.8 cm³/mol. The van der Waals surface area contributed by atoms with Crippen LogP contribution in [0.1, 0.15) is 37.8 Å². The van der Waals surface area contributed by atoms with Crippen molar-refractivity contribution in [3.8, 4) is 0 Å². The van der Waals surface area contributed by atoms with E-state index in [0.717, 1.165) is 38.5 Å². The van der Waals surface area contributed by atoms with Gasteiger partial charge in [-0.3, -0.25) is 4.90 Å². The minimum atomic E-state index is 0.581. The van der Waals surface area contributed by atoms with Gasteiger partial charge in [-0.2, -0.15) is 0 Å². The van der Waals surface area contributed by atoms with Crippen molar-refractivity contribution in [3.63, 3.8) is 0 Å². The normalized spacial score (nSPS) is 25.2. The standard InChI is InChI=1S/C17H28N4/c1-3-20-9-5-4-6-16(20)15-7-8-17(18-14-15)21-12-10-19(2)11-13-21/h7-8,14,16H,3-6,9-13H2,1-2H3. The molecule has 2 aliphatic rings. The summed E-state index contributed by atoms with van der Waals surface area (Å²) in [5, 5.41) is 0. The van der Waals surface area contributed by atoms with Gasteiger partial charge < -0.3 is 9.80 Å². The van der Waals surface area contributed by atoms with E-state index in [2.05, 4.69) is 47.0 Å². The van der Waals surface area contributed by atoms with Gasteiger partial charge in [-0.1, -0.05) is 19.4 Å². The fraction of sp³-hybridized carbons (Fsp3) is 0.706. The smallest absolute Gasteiger partial charge is 0.128 e. The molecule has 0 bridgehead atoms. The van der Waals surface area contributed by atoms with Gasteiger partial charge >= 0.3 is 0 Å². The van der Waals surface area contributed by atoms with Crippen molar-refractivity contribution in [2.45, 2.75) is 32.2 Å². The van der Waals surface area contributed by atoms with E-state index in [1.165, 1.54) is 31.4 Å². The quantitative estimate of drug-likeness (QED) is 0.851. The second-order valence-electron chi connectivity index (χ2n) is 6.38. The van der Waals surface area contributed by atoms with E-state index >= 15 is 0 Å². The molecule has 0 amide bonds. The number of likely N-dealkylation sites (tertiary alicyclic amines) is 1. The largest absolute Gasteiger partial charge is 0.354 e. The van der Waals surface area contributed by atoms with E-state index < -0.39 is 0 Å². The maximum atomic E-state index is 4.75. The molecule has 0 radical (unpaired) electrons. The summed E-state index contributed by atoms with van der Waals surface area (Å²) < 4.78 is 0. The zero-order valence-electron chi connectivity index (χ0n) is 13.5. The third-order valence-electron chi connectivity index (χ3n) is 5.00. The van der Waals surface area contributed by atoms with Gasteiger partial charge in [0.15, 0.2) is 0 Å². The summed E-state index contributed by atoms with van der Waals surface area (Å²) in [7, 11) is 2.19. The number of likely N-dealkylation sites (N-methyl/N-ethyl adjacent to an activating group) is 1. The molecular formula is C17H28N4. The van der Waals surface area contributed by atoms with E-state index in [-0.39, 0.29) is 0 Å². The Morgan fingerprint density at radius 3 is 2.57 bits per heavy atom. The molecule has 4 heteroatoms. The van der Waals surface area contributed by atoms with Crippen molar-refractivity contribution in [2.75, 3.05) is 51.2 Å². The Balaban J connectivity index is 1.68. The molecule has 0 aromatic carbocycles. The number of rotatable bonds is 3. The zero-order valence-corrected chi connectivity index (χ0v) is 13.5. The number of piperazine rings is 1. The Morgan fingerprint density at radius 1 is 1.10 bits per heavy atom. The zero-order chi connectivity index (χ0) is 14.7. The second kappa shape index (κ2) is 6.75. The van der Waals surface area contributed by atoms with E-state index in [4.69, 9.17) is 4.98 Å². The maximum Gasteiger partial charge on any atom is 0.128 e. The number of anilines is 1. The van der Waals surface area contributed by atoms with Crippen LogP contribution in [0.2, 0.25) is 0 Å². The summed E-state index contributed by atoms with van der Waals surface area (Å²) >= 11 is 0. The molecule has 4 nitrogen and oxygen atoms in total. The molecule has 2 fully saturated rings. The molecule has 3 heterocycles. The van der Waals surface area contributed by atoms with Crippen molar-refractivity contribution in [2.24, 2.45) is 0 Å². The van der Waals surface area contributed by atoms with Gasteiger partial charge in [-0.05, 0) is 44.6 Å². The van der Waals surface area contributed by atoms with Crippen LogP contribution in [-0.4, -0.2) is 61.1 Å². The molecule has 21 heavy (non-hydrogen) atoms. The third-order valence-corrected chi connectivity index (χ3v) is 5.00. The fourth-order valence-electron chi connectivity index (χ4n) is 3.56. The van der Waals surface area contributed by atoms with Crippen LogP contribution in [-0.2, 0) is 0 Å². The van der Waals surface area contributed by atoms with Crippen molar-refractivity contribution >= 4 is 5.82 Å². The second-order valence-corrected chi connectivity index (χ2v) is 6.38. The molecule has 1 unspecified atom stereocenters. The molecule has 1 aromatic rings. The lowest BCUT2D eigenvalue weighted by Crippen LogP contribution is -2.44. The molecule has 1 atom stereocenters. The van der Waals surface area contributed by atoms with E-state index in [9.17, 15) is 0 Å². The molecule has 1 aromatic heterocycles. The number of hydrogen-bond acceptors (Lipinski definition) is 4. The first kappa shape index (κ1) is 14.8. The number of pyridine rings is 1. The van der Waals surface area contributed by atoms with Crippen molar-refractivity contribution in [1.29, 1.82) is 0 Å². The number of piperidine rings is 1. The van der Waals surface area contributed by atoms with Crippen molar-refractivity contribution in [1.82, 2.24) is 14.8 Å².